The fourth-order valence-corrected chi connectivity index (χ4v) is 3.32. The van der Waals surface area contributed by atoms with Crippen molar-refractivity contribution in [3.63, 3.8) is 0 Å². The van der Waals surface area contributed by atoms with Crippen LogP contribution in [0.1, 0.15) is 51.2 Å². The van der Waals surface area contributed by atoms with Crippen LogP contribution in [-0.2, 0) is 4.74 Å². The number of aliphatic hydroxyl groups is 1. The van der Waals surface area contributed by atoms with Crippen LogP contribution in [-0.4, -0.2) is 24.9 Å². The third-order valence-electron chi connectivity index (χ3n) is 4.84. The smallest absolute Gasteiger partial charge is 0.124 e. The molecule has 0 radical (unpaired) electrons. The van der Waals surface area contributed by atoms with Gasteiger partial charge in [-0.15, -0.1) is 0 Å². The standard InChI is InChI=1S/C17H25ClO3/c1-16(2)7-9-17(21-4,10-8-16)15(19)13-11-12(18)5-6-14(13)20-3/h5-6,11,15,19H,7-10H2,1-4H3. The number of ether oxygens (including phenoxy) is 2. The van der Waals surface area contributed by atoms with Gasteiger partial charge in [0.05, 0.1) is 12.7 Å². The normalized spacial score (nSPS) is 21.8. The Kier molecular flexibility index (Phi) is 4.86. The van der Waals surface area contributed by atoms with Crippen molar-refractivity contribution in [3.05, 3.63) is 28.8 Å². The van der Waals surface area contributed by atoms with E-state index in [1.165, 1.54) is 0 Å². The van der Waals surface area contributed by atoms with Crippen LogP contribution in [0.15, 0.2) is 18.2 Å². The number of hydrogen-bond acceptors (Lipinski definition) is 3. The van der Waals surface area contributed by atoms with Crippen molar-refractivity contribution >= 4 is 11.6 Å². The van der Waals surface area contributed by atoms with Gasteiger partial charge in [0.1, 0.15) is 11.9 Å². The lowest BCUT2D eigenvalue weighted by Crippen LogP contribution is -2.44. The Hall–Kier alpha value is -0.770. The molecular weight excluding hydrogens is 288 g/mol. The van der Waals surface area contributed by atoms with Gasteiger partial charge in [0, 0.05) is 17.7 Å². The molecule has 1 aromatic carbocycles. The largest absolute Gasteiger partial charge is 0.496 e. The average molecular weight is 313 g/mol. The summed E-state index contributed by atoms with van der Waals surface area (Å²) in [7, 11) is 3.28. The van der Waals surface area contributed by atoms with Gasteiger partial charge in [-0.1, -0.05) is 25.4 Å². The second kappa shape index (κ2) is 6.15. The second-order valence-corrected chi connectivity index (χ2v) is 7.16. The molecule has 0 spiro atoms. The fourth-order valence-electron chi connectivity index (χ4n) is 3.14. The molecule has 4 heteroatoms. The summed E-state index contributed by atoms with van der Waals surface area (Å²) in [5, 5.41) is 11.5. The average Bonchev–Trinajstić information content (AvgIpc) is 2.47. The van der Waals surface area contributed by atoms with E-state index in [1.807, 2.05) is 0 Å². The van der Waals surface area contributed by atoms with Crippen molar-refractivity contribution in [1.29, 1.82) is 0 Å². The third-order valence-corrected chi connectivity index (χ3v) is 5.08. The zero-order valence-corrected chi connectivity index (χ0v) is 14.0. The molecule has 0 amide bonds. The first-order valence-electron chi connectivity index (χ1n) is 7.40. The van der Waals surface area contributed by atoms with E-state index in [-0.39, 0.29) is 0 Å². The molecule has 0 saturated heterocycles. The Morgan fingerprint density at radius 3 is 2.29 bits per heavy atom. The molecule has 2 rings (SSSR count). The van der Waals surface area contributed by atoms with Crippen LogP contribution in [0.2, 0.25) is 5.02 Å². The van der Waals surface area contributed by atoms with Gasteiger partial charge in [-0.25, -0.2) is 0 Å². The van der Waals surface area contributed by atoms with Gasteiger partial charge in [-0.2, -0.15) is 0 Å². The highest BCUT2D eigenvalue weighted by Gasteiger charge is 2.45. The van der Waals surface area contributed by atoms with Crippen LogP contribution in [0.5, 0.6) is 5.75 Å². The highest BCUT2D eigenvalue weighted by Crippen LogP contribution is 2.48. The van der Waals surface area contributed by atoms with E-state index in [2.05, 4.69) is 13.8 Å². The monoisotopic (exact) mass is 312 g/mol. The lowest BCUT2D eigenvalue weighted by Gasteiger charge is -2.45. The lowest BCUT2D eigenvalue weighted by molar-refractivity contribution is -0.138. The molecule has 0 aromatic heterocycles. The van der Waals surface area contributed by atoms with Crippen molar-refractivity contribution in [1.82, 2.24) is 0 Å². The summed E-state index contributed by atoms with van der Waals surface area (Å²) in [6.07, 6.45) is 2.97. The van der Waals surface area contributed by atoms with E-state index in [4.69, 9.17) is 21.1 Å². The number of hydrogen-bond donors (Lipinski definition) is 1. The number of halogens is 1. The maximum atomic E-state index is 10.9. The molecule has 0 heterocycles. The van der Waals surface area contributed by atoms with E-state index in [0.717, 1.165) is 25.7 Å². The summed E-state index contributed by atoms with van der Waals surface area (Å²) in [6.45, 7) is 4.53. The Bertz CT molecular complexity index is 489. The summed E-state index contributed by atoms with van der Waals surface area (Å²) >= 11 is 6.08. The van der Waals surface area contributed by atoms with E-state index in [9.17, 15) is 5.11 Å². The van der Waals surface area contributed by atoms with Crippen molar-refractivity contribution in [2.45, 2.75) is 51.2 Å². The Morgan fingerprint density at radius 2 is 1.76 bits per heavy atom. The lowest BCUT2D eigenvalue weighted by atomic mass is 9.68. The van der Waals surface area contributed by atoms with Gasteiger partial charge in [-0.3, -0.25) is 0 Å². The molecule has 118 valence electrons. The molecule has 1 aliphatic carbocycles. The number of rotatable bonds is 4. The molecule has 0 aliphatic heterocycles. The van der Waals surface area contributed by atoms with Gasteiger partial charge in [0.2, 0.25) is 0 Å². The van der Waals surface area contributed by atoms with Crippen LogP contribution in [0, 0.1) is 5.41 Å². The minimum atomic E-state index is -0.743. The Labute approximate surface area is 132 Å². The van der Waals surface area contributed by atoms with Crippen molar-refractivity contribution in [3.8, 4) is 5.75 Å². The van der Waals surface area contributed by atoms with Gasteiger partial charge in [0.15, 0.2) is 0 Å². The first-order chi connectivity index (χ1) is 9.83. The van der Waals surface area contributed by atoms with E-state index in [0.29, 0.717) is 21.8 Å². The molecule has 1 unspecified atom stereocenters. The summed E-state index contributed by atoms with van der Waals surface area (Å²) < 4.78 is 11.1. The third kappa shape index (κ3) is 3.36. The van der Waals surface area contributed by atoms with Crippen molar-refractivity contribution in [2.24, 2.45) is 5.41 Å². The van der Waals surface area contributed by atoms with Crippen LogP contribution in [0.3, 0.4) is 0 Å². The molecule has 21 heavy (non-hydrogen) atoms. The molecule has 1 fully saturated rings. The van der Waals surface area contributed by atoms with Gasteiger partial charge < -0.3 is 14.6 Å². The predicted octanol–water partition coefficient (Wildman–Crippen LogP) is 4.37. The van der Waals surface area contributed by atoms with Crippen LogP contribution in [0.25, 0.3) is 0 Å². The maximum absolute atomic E-state index is 10.9. The highest BCUT2D eigenvalue weighted by molar-refractivity contribution is 6.30. The Balaban J connectivity index is 2.33. The predicted molar refractivity (Wildman–Crippen MR) is 85.0 cm³/mol. The van der Waals surface area contributed by atoms with E-state index in [1.54, 1.807) is 32.4 Å². The quantitative estimate of drug-likeness (QED) is 0.897. The summed E-state index contributed by atoms with van der Waals surface area (Å²) in [5.74, 6) is 0.646. The SMILES string of the molecule is COc1ccc(Cl)cc1C(O)C1(OC)CCC(C)(C)CC1. The van der Waals surface area contributed by atoms with E-state index < -0.39 is 11.7 Å². The summed E-state index contributed by atoms with van der Waals surface area (Å²) in [6, 6.07) is 5.32. The number of aliphatic hydroxyl groups excluding tert-OH is 1. The van der Waals surface area contributed by atoms with Gasteiger partial charge >= 0.3 is 0 Å². The summed E-state index contributed by atoms with van der Waals surface area (Å²) in [4.78, 5) is 0. The molecule has 1 aromatic rings. The summed E-state index contributed by atoms with van der Waals surface area (Å²) in [5.41, 5.74) is 0.444. The maximum Gasteiger partial charge on any atom is 0.124 e. The molecule has 3 nitrogen and oxygen atoms in total. The highest BCUT2D eigenvalue weighted by atomic mass is 35.5. The topological polar surface area (TPSA) is 38.7 Å². The Morgan fingerprint density at radius 1 is 1.14 bits per heavy atom. The number of methoxy groups -OCH3 is 2. The van der Waals surface area contributed by atoms with Crippen LogP contribution >= 0.6 is 11.6 Å². The van der Waals surface area contributed by atoms with Crippen molar-refractivity contribution in [2.75, 3.05) is 14.2 Å². The molecule has 1 aliphatic rings. The zero-order chi connectivity index (χ0) is 15.7. The first-order valence-corrected chi connectivity index (χ1v) is 7.78. The zero-order valence-electron chi connectivity index (χ0n) is 13.3. The van der Waals surface area contributed by atoms with E-state index >= 15 is 0 Å². The second-order valence-electron chi connectivity index (χ2n) is 6.72. The van der Waals surface area contributed by atoms with Gasteiger partial charge in [-0.05, 0) is 49.3 Å². The molecule has 0 bridgehead atoms. The number of benzene rings is 1. The first kappa shape index (κ1) is 16.6. The minimum absolute atomic E-state index is 0.306. The molecule has 1 atom stereocenters. The molecular formula is C17H25ClO3. The van der Waals surface area contributed by atoms with Crippen LogP contribution < -0.4 is 4.74 Å². The minimum Gasteiger partial charge on any atom is -0.496 e. The van der Waals surface area contributed by atoms with Crippen LogP contribution in [0.4, 0.5) is 0 Å². The fraction of sp³-hybridized carbons (Fsp3) is 0.647. The van der Waals surface area contributed by atoms with Crippen molar-refractivity contribution < 1.29 is 14.6 Å². The van der Waals surface area contributed by atoms with Gasteiger partial charge in [0.25, 0.3) is 0 Å². The molecule has 1 N–H and O–H groups in total. The molecule has 1 saturated carbocycles.